The maximum atomic E-state index is 12.3. The van der Waals surface area contributed by atoms with E-state index in [4.69, 9.17) is 4.74 Å². The highest BCUT2D eigenvalue weighted by atomic mass is 32.2. The smallest absolute Gasteiger partial charge is 0.303 e. The van der Waals surface area contributed by atoms with Gasteiger partial charge < -0.3 is 4.74 Å². The molecular weight excluding hydrogens is 312 g/mol. The summed E-state index contributed by atoms with van der Waals surface area (Å²) >= 11 is 0. The lowest BCUT2D eigenvalue weighted by Gasteiger charge is -2.13. The zero-order valence-electron chi connectivity index (χ0n) is 14.1. The minimum absolute atomic E-state index is 0.243. The van der Waals surface area contributed by atoms with Gasteiger partial charge in [0.15, 0.2) is 9.84 Å². The topological polar surface area (TPSA) is 60.4 Å². The minimum atomic E-state index is -3.52. The van der Waals surface area contributed by atoms with Crippen molar-refractivity contribution in [2.75, 3.05) is 0 Å². The second-order valence-electron chi connectivity index (χ2n) is 5.68. The summed E-state index contributed by atoms with van der Waals surface area (Å²) in [6.07, 6.45) is 5.81. The predicted molar refractivity (Wildman–Crippen MR) is 91.8 cm³/mol. The fourth-order valence-electron chi connectivity index (χ4n) is 2.18. The highest BCUT2D eigenvalue weighted by Gasteiger charge is 2.13. The number of carbonyl (C=O) groups excluding carboxylic acids is 1. The predicted octanol–water partition coefficient (Wildman–Crippen LogP) is 4.18. The number of unbranched alkanes of at least 4 members (excludes halogenated alkanes) is 3. The van der Waals surface area contributed by atoms with Crippen LogP contribution in [0.3, 0.4) is 0 Å². The molecule has 0 aliphatic carbocycles. The van der Waals surface area contributed by atoms with Crippen LogP contribution in [-0.2, 0) is 19.4 Å². The number of sulfone groups is 1. The molecule has 23 heavy (non-hydrogen) atoms. The summed E-state index contributed by atoms with van der Waals surface area (Å²) in [5, 5.41) is 1.14. The Kier molecular flexibility index (Phi) is 8.03. The summed E-state index contributed by atoms with van der Waals surface area (Å²) in [5.74, 6) is -0.400. The first-order valence-corrected chi connectivity index (χ1v) is 9.57. The summed E-state index contributed by atoms with van der Waals surface area (Å²) in [4.78, 5) is 11.4. The molecule has 0 spiro atoms. The summed E-state index contributed by atoms with van der Waals surface area (Å²) in [7, 11) is -3.52. The van der Waals surface area contributed by atoms with Crippen LogP contribution >= 0.6 is 0 Å². The van der Waals surface area contributed by atoms with Gasteiger partial charge in [-0.05, 0) is 38.0 Å². The maximum Gasteiger partial charge on any atom is 0.303 e. The van der Waals surface area contributed by atoms with E-state index >= 15 is 0 Å². The van der Waals surface area contributed by atoms with Gasteiger partial charge in [0.25, 0.3) is 0 Å². The number of esters is 1. The monoisotopic (exact) mass is 338 g/mol. The second kappa shape index (κ2) is 9.50. The molecule has 0 saturated carbocycles. The molecule has 0 radical (unpaired) electrons. The first kappa shape index (κ1) is 19.4. The van der Waals surface area contributed by atoms with Crippen molar-refractivity contribution in [3.05, 3.63) is 41.3 Å². The third-order valence-corrected chi connectivity index (χ3v) is 4.93. The van der Waals surface area contributed by atoms with Crippen molar-refractivity contribution >= 4 is 15.8 Å². The third-order valence-electron chi connectivity index (χ3n) is 3.48. The number of aryl methyl sites for hydroxylation is 1. The van der Waals surface area contributed by atoms with E-state index in [1.54, 1.807) is 24.3 Å². The maximum absolute atomic E-state index is 12.3. The Labute approximate surface area is 139 Å². The Morgan fingerprint density at radius 2 is 1.83 bits per heavy atom. The van der Waals surface area contributed by atoms with Crippen LogP contribution in [0.5, 0.6) is 0 Å². The molecule has 0 aliphatic rings. The van der Waals surface area contributed by atoms with E-state index in [9.17, 15) is 13.2 Å². The molecule has 0 aliphatic heterocycles. The Balaban J connectivity index is 2.77. The van der Waals surface area contributed by atoms with Gasteiger partial charge in [-0.2, -0.15) is 0 Å². The third kappa shape index (κ3) is 7.46. The van der Waals surface area contributed by atoms with Crippen molar-refractivity contribution in [2.24, 2.45) is 0 Å². The minimum Gasteiger partial charge on any atom is -0.458 e. The van der Waals surface area contributed by atoms with Crippen molar-refractivity contribution in [3.8, 4) is 0 Å². The first-order chi connectivity index (χ1) is 10.8. The molecule has 4 nitrogen and oxygen atoms in total. The van der Waals surface area contributed by atoms with Crippen LogP contribution in [0.4, 0.5) is 0 Å². The molecule has 1 atom stereocenters. The van der Waals surface area contributed by atoms with Gasteiger partial charge in [0.1, 0.15) is 6.10 Å². The molecule has 1 unspecified atom stereocenters. The molecule has 0 saturated heterocycles. The fourth-order valence-corrected chi connectivity index (χ4v) is 3.23. The molecule has 0 aromatic heterocycles. The lowest BCUT2D eigenvalue weighted by Crippen LogP contribution is -2.14. The highest BCUT2D eigenvalue weighted by Crippen LogP contribution is 2.16. The fraction of sp³-hybridized carbons (Fsp3) is 0.500. The Morgan fingerprint density at radius 3 is 2.39 bits per heavy atom. The van der Waals surface area contributed by atoms with Gasteiger partial charge in [-0.15, -0.1) is 0 Å². The second-order valence-corrected chi connectivity index (χ2v) is 7.52. The standard InChI is InChI=1S/C18H26O4S/c1-4-5-6-7-8-17(22-16(3)19)13-14-23(20,21)18-11-9-15(2)10-12-18/h9-14,17H,4-8H2,1-3H3/b14-13+. The van der Waals surface area contributed by atoms with Crippen LogP contribution in [0, 0.1) is 6.92 Å². The van der Waals surface area contributed by atoms with Crippen LogP contribution in [-0.4, -0.2) is 20.5 Å². The van der Waals surface area contributed by atoms with E-state index in [-0.39, 0.29) is 4.90 Å². The number of hydrogen-bond acceptors (Lipinski definition) is 4. The van der Waals surface area contributed by atoms with Crippen molar-refractivity contribution in [2.45, 2.75) is 63.9 Å². The molecule has 1 rings (SSSR count). The molecule has 0 amide bonds. The van der Waals surface area contributed by atoms with Gasteiger partial charge in [0.05, 0.1) is 4.90 Å². The largest absolute Gasteiger partial charge is 0.458 e. The zero-order valence-corrected chi connectivity index (χ0v) is 14.9. The number of ether oxygens (including phenoxy) is 1. The van der Waals surface area contributed by atoms with Crippen molar-refractivity contribution in [3.63, 3.8) is 0 Å². The summed E-state index contributed by atoms with van der Waals surface area (Å²) < 4.78 is 29.8. The normalized spacial score (nSPS) is 13.2. The molecule has 128 valence electrons. The van der Waals surface area contributed by atoms with Crippen LogP contribution in [0.15, 0.2) is 40.6 Å². The number of hydrogen-bond donors (Lipinski definition) is 0. The number of rotatable bonds is 9. The number of benzene rings is 1. The molecule has 0 bridgehead atoms. The van der Waals surface area contributed by atoms with Crippen molar-refractivity contribution in [1.82, 2.24) is 0 Å². The first-order valence-electron chi connectivity index (χ1n) is 8.02. The molecular formula is C18H26O4S. The van der Waals surface area contributed by atoms with Crippen molar-refractivity contribution < 1.29 is 17.9 Å². The van der Waals surface area contributed by atoms with Crippen molar-refractivity contribution in [1.29, 1.82) is 0 Å². The average molecular weight is 338 g/mol. The molecule has 1 aromatic rings. The Bertz CT molecular complexity index is 615. The van der Waals surface area contributed by atoms with Crippen LogP contribution in [0.2, 0.25) is 0 Å². The van der Waals surface area contributed by atoms with Gasteiger partial charge in [-0.25, -0.2) is 8.42 Å². The van der Waals surface area contributed by atoms with E-state index in [0.29, 0.717) is 6.42 Å². The van der Waals surface area contributed by atoms with Gasteiger partial charge in [-0.3, -0.25) is 4.79 Å². The summed E-state index contributed by atoms with van der Waals surface area (Å²) in [6.45, 7) is 5.36. The van der Waals surface area contributed by atoms with E-state index in [1.807, 2.05) is 6.92 Å². The van der Waals surface area contributed by atoms with Crippen LogP contribution in [0.25, 0.3) is 0 Å². The van der Waals surface area contributed by atoms with Gasteiger partial charge in [-0.1, -0.05) is 43.9 Å². The van der Waals surface area contributed by atoms with E-state index in [0.717, 1.165) is 36.7 Å². The Hall–Kier alpha value is -1.62. The average Bonchev–Trinajstić information content (AvgIpc) is 2.49. The van der Waals surface area contributed by atoms with Crippen LogP contribution < -0.4 is 0 Å². The van der Waals surface area contributed by atoms with E-state index in [2.05, 4.69) is 6.92 Å². The molecule has 1 aromatic carbocycles. The Morgan fingerprint density at radius 1 is 1.17 bits per heavy atom. The molecule has 0 N–H and O–H groups in total. The van der Waals surface area contributed by atoms with E-state index in [1.165, 1.54) is 13.0 Å². The lowest BCUT2D eigenvalue weighted by atomic mass is 10.1. The van der Waals surface area contributed by atoms with Crippen LogP contribution in [0.1, 0.15) is 51.5 Å². The highest BCUT2D eigenvalue weighted by molar-refractivity contribution is 7.94. The van der Waals surface area contributed by atoms with E-state index < -0.39 is 21.9 Å². The SMILES string of the molecule is CCCCCCC(/C=C/S(=O)(=O)c1ccc(C)cc1)OC(C)=O. The van der Waals surface area contributed by atoms with Gasteiger partial charge in [0.2, 0.25) is 0 Å². The lowest BCUT2D eigenvalue weighted by molar-refractivity contribution is -0.144. The molecule has 0 heterocycles. The summed E-state index contributed by atoms with van der Waals surface area (Å²) in [5.41, 5.74) is 1.00. The van der Waals surface area contributed by atoms with Gasteiger partial charge in [0, 0.05) is 12.3 Å². The molecule has 5 heteroatoms. The quantitative estimate of drug-likeness (QED) is 0.500. The molecule has 0 fully saturated rings. The zero-order chi connectivity index (χ0) is 17.3. The number of carbonyl (C=O) groups is 1. The van der Waals surface area contributed by atoms with Gasteiger partial charge >= 0.3 is 5.97 Å². The summed E-state index contributed by atoms with van der Waals surface area (Å²) in [6, 6.07) is 6.68.